The highest BCUT2D eigenvalue weighted by atomic mass is 29.6. The minimum absolute atomic E-state index is 0.393. The van der Waals surface area contributed by atoms with Gasteiger partial charge in [0, 0.05) is 0 Å². The van der Waals surface area contributed by atoms with Crippen LogP contribution in [0.25, 0.3) is 0 Å². The summed E-state index contributed by atoms with van der Waals surface area (Å²) in [6.45, 7) is 18.6. The van der Waals surface area contributed by atoms with Crippen LogP contribution in [0.4, 0.5) is 0 Å². The largest absolute Gasteiger partial charge is 0.407 e. The van der Waals surface area contributed by atoms with Gasteiger partial charge in [0.05, 0.1) is 14.7 Å². The summed E-state index contributed by atoms with van der Waals surface area (Å²) < 4.78 is 7.25. The van der Waals surface area contributed by atoms with Gasteiger partial charge in [-0.25, -0.2) is 0 Å². The van der Waals surface area contributed by atoms with Crippen molar-refractivity contribution in [1.82, 2.24) is 0 Å². The van der Waals surface area contributed by atoms with Crippen LogP contribution in [0.3, 0.4) is 0 Å². The third-order valence-electron chi connectivity index (χ3n) is 6.85. The molecule has 136 valence electrons. The average Bonchev–Trinajstić information content (AvgIpc) is 2.65. The average molecular weight is 395 g/mol. The molecule has 1 fully saturated rings. The highest BCUT2D eigenvalue weighted by molar-refractivity contribution is 7.70. The lowest BCUT2D eigenvalue weighted by Crippen LogP contribution is -2.78. The van der Waals surface area contributed by atoms with Crippen LogP contribution in [-0.4, -0.2) is 22.5 Å². The van der Waals surface area contributed by atoms with Crippen molar-refractivity contribution in [3.8, 4) is 0 Å². The number of hydrogen-bond donors (Lipinski definition) is 0. The summed E-state index contributed by atoms with van der Waals surface area (Å²) in [5.74, 6) is 0. The molecule has 0 radical (unpaired) electrons. The number of hydrogen-bond acceptors (Lipinski definition) is 1. The van der Waals surface area contributed by atoms with Crippen LogP contribution in [0, 0.1) is 0 Å². The Kier molecular flexibility index (Phi) is 4.90. The Labute approximate surface area is 161 Å². The van der Waals surface area contributed by atoms with E-state index in [-0.39, 0.29) is 0 Å². The van der Waals surface area contributed by atoms with Crippen molar-refractivity contribution in [1.29, 1.82) is 0 Å². The minimum Gasteiger partial charge on any atom is -0.407 e. The van der Waals surface area contributed by atoms with E-state index in [2.05, 4.69) is 111 Å². The summed E-state index contributed by atoms with van der Waals surface area (Å²) in [4.78, 5) is 0. The Morgan fingerprint density at radius 1 is 0.808 bits per heavy atom. The lowest BCUT2D eigenvalue weighted by atomic mass is 9.88. The van der Waals surface area contributed by atoms with Crippen LogP contribution >= 0.6 is 0 Å². The highest BCUT2D eigenvalue weighted by Gasteiger charge is 2.65. The fourth-order valence-corrected chi connectivity index (χ4v) is 33.3. The van der Waals surface area contributed by atoms with Gasteiger partial charge in [0.25, 0.3) is 0 Å². The van der Waals surface area contributed by atoms with Crippen LogP contribution < -0.4 is 0 Å². The summed E-state index contributed by atoms with van der Waals surface area (Å²) in [5.41, 5.74) is 6.75. The van der Waals surface area contributed by atoms with Crippen LogP contribution in [0.1, 0.15) is 11.1 Å². The second kappa shape index (κ2) is 6.60. The van der Waals surface area contributed by atoms with E-state index in [1.807, 2.05) is 0 Å². The van der Waals surface area contributed by atoms with E-state index < -0.39 is 28.1 Å². The van der Waals surface area contributed by atoms with Gasteiger partial charge >= 0.3 is 0 Å². The first-order valence-corrected chi connectivity index (χ1v) is 19.6. The van der Waals surface area contributed by atoms with Gasteiger partial charge in [0.15, 0.2) is 7.83 Å². The van der Waals surface area contributed by atoms with Crippen molar-refractivity contribution < 1.29 is 4.43 Å². The second-order valence-electron chi connectivity index (χ2n) is 8.42. The Bertz CT molecular complexity index is 749. The Morgan fingerprint density at radius 2 is 1.23 bits per heavy atom. The third-order valence-corrected chi connectivity index (χ3v) is 43.3. The molecule has 0 aromatic heterocycles. The zero-order valence-corrected chi connectivity index (χ0v) is 19.5. The maximum atomic E-state index is 7.25. The molecule has 2 aromatic rings. The van der Waals surface area contributed by atoms with Crippen LogP contribution in [-0.2, 0) is 10.0 Å². The predicted molar refractivity (Wildman–Crippen MR) is 121 cm³/mol. The normalized spacial score (nSPS) is 22.3. The van der Waals surface area contributed by atoms with E-state index in [4.69, 9.17) is 4.43 Å². The molecule has 1 heterocycles. The van der Waals surface area contributed by atoms with E-state index >= 15 is 0 Å². The molecular weight excluding hydrogens is 364 g/mol. The summed E-state index contributed by atoms with van der Waals surface area (Å²) in [5, 5.41) is 0. The van der Waals surface area contributed by atoms with Crippen molar-refractivity contribution in [3.05, 3.63) is 96.3 Å². The summed E-state index contributed by atoms with van der Waals surface area (Å²) in [6, 6.07) is 22.6. The van der Waals surface area contributed by atoms with E-state index in [9.17, 15) is 0 Å². The SMILES string of the molecule is C=C[Si]1(C=C)CC(c2ccccc2)(c2ccccc2)O[Si](C)(C)[Si]1(C)C. The molecule has 0 bridgehead atoms. The van der Waals surface area contributed by atoms with E-state index in [1.165, 1.54) is 11.1 Å². The smallest absolute Gasteiger partial charge is 0.173 e. The van der Waals surface area contributed by atoms with Gasteiger partial charge in [0.1, 0.15) is 5.60 Å². The molecule has 2 aromatic carbocycles. The van der Waals surface area contributed by atoms with Crippen molar-refractivity contribution in [3.63, 3.8) is 0 Å². The second-order valence-corrected chi connectivity index (χ2v) is 33.6. The Morgan fingerprint density at radius 3 is 1.62 bits per heavy atom. The first-order valence-electron chi connectivity index (χ1n) is 9.33. The van der Waals surface area contributed by atoms with Crippen molar-refractivity contribution in [2.24, 2.45) is 0 Å². The molecule has 26 heavy (non-hydrogen) atoms. The van der Waals surface area contributed by atoms with Gasteiger partial charge in [-0.05, 0) is 30.3 Å². The molecule has 0 amide bonds. The fraction of sp³-hybridized carbons (Fsp3) is 0.273. The van der Waals surface area contributed by atoms with Crippen molar-refractivity contribution in [2.45, 2.75) is 37.8 Å². The molecule has 0 N–H and O–H groups in total. The third kappa shape index (κ3) is 2.67. The predicted octanol–water partition coefficient (Wildman–Crippen LogP) is 5.93. The molecular formula is C22H30OSi3. The van der Waals surface area contributed by atoms with E-state index in [0.717, 1.165) is 6.04 Å². The molecule has 0 atom stereocenters. The Balaban J connectivity index is 2.32. The van der Waals surface area contributed by atoms with Gasteiger partial charge in [-0.1, -0.05) is 85.2 Å². The zero-order chi connectivity index (χ0) is 19.1. The van der Waals surface area contributed by atoms with E-state index in [0.29, 0.717) is 0 Å². The van der Waals surface area contributed by atoms with Crippen LogP contribution in [0.15, 0.2) is 85.2 Å². The maximum Gasteiger partial charge on any atom is 0.173 e. The molecule has 1 saturated heterocycles. The van der Waals surface area contributed by atoms with E-state index in [1.54, 1.807) is 0 Å². The molecule has 0 unspecified atom stereocenters. The van der Waals surface area contributed by atoms with Crippen LogP contribution in [0.5, 0.6) is 0 Å². The quantitative estimate of drug-likeness (QED) is 0.584. The van der Waals surface area contributed by atoms with Crippen molar-refractivity contribution >= 4 is 22.5 Å². The molecule has 0 saturated carbocycles. The molecule has 1 aliphatic heterocycles. The summed E-state index contributed by atoms with van der Waals surface area (Å²) >= 11 is 0. The lowest BCUT2D eigenvalue weighted by Gasteiger charge is -2.60. The van der Waals surface area contributed by atoms with Gasteiger partial charge < -0.3 is 4.43 Å². The monoisotopic (exact) mass is 394 g/mol. The first-order chi connectivity index (χ1) is 12.2. The maximum absolute atomic E-state index is 7.25. The summed E-state index contributed by atoms with van der Waals surface area (Å²) in [6.07, 6.45) is 0. The standard InChI is InChI=1S/C22H30OSi3/c1-7-26(8-2)19-22(20-15-11-9-12-16-20,21-17-13-10-14-18-21)23-24(3,4)25(26,5)6/h7-18H,1-2,19H2,3-6H3. The first kappa shape index (κ1) is 19.3. The molecule has 1 nitrogen and oxygen atoms in total. The fourth-order valence-electron chi connectivity index (χ4n) is 4.43. The number of rotatable bonds is 4. The Hall–Kier alpha value is -1.47. The summed E-state index contributed by atoms with van der Waals surface area (Å²) in [7, 11) is -5.46. The van der Waals surface area contributed by atoms with Crippen molar-refractivity contribution in [2.75, 3.05) is 0 Å². The van der Waals surface area contributed by atoms with Gasteiger partial charge in [-0.15, -0.1) is 13.2 Å². The minimum atomic E-state index is -1.94. The van der Waals surface area contributed by atoms with Crippen LogP contribution in [0.2, 0.25) is 32.2 Å². The molecule has 0 spiro atoms. The number of benzene rings is 2. The van der Waals surface area contributed by atoms with Gasteiger partial charge in [-0.3, -0.25) is 0 Å². The lowest BCUT2D eigenvalue weighted by molar-refractivity contribution is 0.124. The topological polar surface area (TPSA) is 9.23 Å². The van der Waals surface area contributed by atoms with Gasteiger partial charge in [0.2, 0.25) is 0 Å². The molecule has 3 rings (SSSR count). The molecule has 0 aliphatic carbocycles. The zero-order valence-electron chi connectivity index (χ0n) is 16.5. The molecule has 4 heteroatoms. The highest BCUT2D eigenvalue weighted by Crippen LogP contribution is 2.52. The van der Waals surface area contributed by atoms with Gasteiger partial charge in [-0.2, -0.15) is 0 Å². The molecule has 1 aliphatic rings.